The molecule has 0 saturated heterocycles. The Hall–Kier alpha value is -3.47. The van der Waals surface area contributed by atoms with Crippen molar-refractivity contribution in [2.24, 2.45) is 0 Å². The van der Waals surface area contributed by atoms with Crippen molar-refractivity contribution in [3.8, 4) is 0 Å². The molecule has 0 fully saturated rings. The molecule has 0 atom stereocenters. The first-order valence-electron chi connectivity index (χ1n) is 10.0. The number of halogens is 5. The van der Waals surface area contributed by atoms with Gasteiger partial charge in [-0.1, -0.05) is 6.07 Å². The van der Waals surface area contributed by atoms with E-state index in [0.29, 0.717) is 23.8 Å². The van der Waals surface area contributed by atoms with Crippen LogP contribution in [0.25, 0.3) is 0 Å². The summed E-state index contributed by atoms with van der Waals surface area (Å²) in [5, 5.41) is 2.31. The standard InChI is InChI=1S/C23H17F5N2O3S/c24-16-5-13(6-17(25)8-16)12-30-22-7-15(2-1-14(22)3-4-34(30,32)33)23(31)29-11-19-20(27)9-18(26)10-21(19)28/h1-2,5-10H,3-4,11-12H2,(H,29,31). The van der Waals surface area contributed by atoms with Crippen LogP contribution in [0, 0.1) is 29.1 Å². The summed E-state index contributed by atoms with van der Waals surface area (Å²) in [6, 6.07) is 7.90. The third kappa shape index (κ3) is 4.89. The van der Waals surface area contributed by atoms with Crippen molar-refractivity contribution in [3.63, 3.8) is 0 Å². The van der Waals surface area contributed by atoms with Gasteiger partial charge in [-0.15, -0.1) is 0 Å². The first-order chi connectivity index (χ1) is 16.0. The molecule has 1 N–H and O–H groups in total. The molecule has 0 unspecified atom stereocenters. The quantitative estimate of drug-likeness (QED) is 0.539. The number of hydrogen-bond donors (Lipinski definition) is 1. The minimum Gasteiger partial charge on any atom is -0.348 e. The number of rotatable bonds is 5. The third-order valence-electron chi connectivity index (χ3n) is 5.36. The highest BCUT2D eigenvalue weighted by molar-refractivity contribution is 7.92. The van der Waals surface area contributed by atoms with Gasteiger partial charge in [0, 0.05) is 35.9 Å². The van der Waals surface area contributed by atoms with Crippen molar-refractivity contribution in [2.75, 3.05) is 10.1 Å². The highest BCUT2D eigenvalue weighted by atomic mass is 32.2. The molecule has 0 aliphatic carbocycles. The molecular weight excluding hydrogens is 479 g/mol. The first-order valence-corrected chi connectivity index (χ1v) is 11.6. The molecule has 1 amide bonds. The summed E-state index contributed by atoms with van der Waals surface area (Å²) < 4.78 is 94.4. The van der Waals surface area contributed by atoms with E-state index in [2.05, 4.69) is 5.32 Å². The Bertz CT molecular complexity index is 1350. The van der Waals surface area contributed by atoms with Crippen molar-refractivity contribution >= 4 is 21.6 Å². The van der Waals surface area contributed by atoms with Crippen LogP contribution in [0.15, 0.2) is 48.5 Å². The summed E-state index contributed by atoms with van der Waals surface area (Å²) in [7, 11) is -3.85. The minimum atomic E-state index is -3.85. The molecule has 0 bridgehead atoms. The molecule has 0 spiro atoms. The number of nitrogens with one attached hydrogen (secondary N) is 1. The van der Waals surface area contributed by atoms with E-state index in [4.69, 9.17) is 0 Å². The lowest BCUT2D eigenvalue weighted by molar-refractivity contribution is 0.0950. The second-order valence-electron chi connectivity index (χ2n) is 7.72. The minimum absolute atomic E-state index is 0.00537. The van der Waals surface area contributed by atoms with E-state index in [9.17, 15) is 35.2 Å². The van der Waals surface area contributed by atoms with E-state index in [0.717, 1.165) is 16.4 Å². The summed E-state index contributed by atoms with van der Waals surface area (Å²) in [5.74, 6) is -6.14. The molecule has 34 heavy (non-hydrogen) atoms. The number of aryl methyl sites for hydroxylation is 1. The average Bonchev–Trinajstić information content (AvgIpc) is 2.74. The van der Waals surface area contributed by atoms with Gasteiger partial charge in [-0.05, 0) is 41.8 Å². The zero-order valence-corrected chi connectivity index (χ0v) is 18.2. The van der Waals surface area contributed by atoms with Crippen molar-refractivity contribution in [2.45, 2.75) is 19.5 Å². The van der Waals surface area contributed by atoms with E-state index in [1.54, 1.807) is 0 Å². The Balaban J connectivity index is 1.61. The second kappa shape index (κ2) is 9.05. The SMILES string of the molecule is O=C(NCc1c(F)cc(F)cc1F)c1ccc2c(c1)N(Cc1cc(F)cc(F)c1)S(=O)(=O)CC2. The Kier molecular flexibility index (Phi) is 6.30. The molecule has 11 heteroatoms. The van der Waals surface area contributed by atoms with Gasteiger partial charge in [0.05, 0.1) is 18.0 Å². The molecule has 1 aliphatic rings. The van der Waals surface area contributed by atoms with Crippen LogP contribution < -0.4 is 9.62 Å². The zero-order chi connectivity index (χ0) is 24.6. The Morgan fingerprint density at radius 3 is 2.15 bits per heavy atom. The molecule has 178 valence electrons. The largest absolute Gasteiger partial charge is 0.348 e. The summed E-state index contributed by atoms with van der Waals surface area (Å²) in [6.45, 7) is -0.931. The van der Waals surface area contributed by atoms with Crippen LogP contribution in [0.5, 0.6) is 0 Å². The molecule has 0 aromatic heterocycles. The second-order valence-corrected chi connectivity index (χ2v) is 9.74. The highest BCUT2D eigenvalue weighted by Gasteiger charge is 2.30. The number of hydrogen-bond acceptors (Lipinski definition) is 3. The zero-order valence-electron chi connectivity index (χ0n) is 17.4. The van der Waals surface area contributed by atoms with E-state index in [1.165, 1.54) is 18.2 Å². The van der Waals surface area contributed by atoms with Crippen molar-refractivity contribution in [1.82, 2.24) is 5.32 Å². The molecule has 1 heterocycles. The number of benzene rings is 3. The maximum absolute atomic E-state index is 13.8. The molecule has 0 radical (unpaired) electrons. The number of carbonyl (C=O) groups excluding carboxylic acids is 1. The third-order valence-corrected chi connectivity index (χ3v) is 7.08. The lowest BCUT2D eigenvalue weighted by Crippen LogP contribution is -2.37. The van der Waals surface area contributed by atoms with Gasteiger partial charge in [0.25, 0.3) is 5.91 Å². The van der Waals surface area contributed by atoms with Gasteiger partial charge in [-0.3, -0.25) is 9.10 Å². The van der Waals surface area contributed by atoms with Crippen LogP contribution in [-0.4, -0.2) is 20.1 Å². The molecule has 4 rings (SSSR count). The summed E-state index contributed by atoms with van der Waals surface area (Å²) in [6.07, 6.45) is 0.166. The maximum Gasteiger partial charge on any atom is 0.251 e. The number of fused-ring (bicyclic) bond motifs is 1. The van der Waals surface area contributed by atoms with Crippen LogP contribution in [0.4, 0.5) is 27.6 Å². The predicted octanol–water partition coefficient (Wildman–Crippen LogP) is 4.20. The molecule has 3 aromatic rings. The summed E-state index contributed by atoms with van der Waals surface area (Å²) >= 11 is 0. The molecule has 0 saturated carbocycles. The Morgan fingerprint density at radius 2 is 1.50 bits per heavy atom. The fourth-order valence-electron chi connectivity index (χ4n) is 3.71. The van der Waals surface area contributed by atoms with Crippen LogP contribution >= 0.6 is 0 Å². The van der Waals surface area contributed by atoms with Gasteiger partial charge in [-0.25, -0.2) is 30.4 Å². The van der Waals surface area contributed by atoms with Crippen molar-refractivity contribution in [3.05, 3.63) is 99.9 Å². The molecule has 1 aliphatic heterocycles. The van der Waals surface area contributed by atoms with E-state index in [1.807, 2.05) is 0 Å². The fraction of sp³-hybridized carbons (Fsp3) is 0.174. The average molecular weight is 496 g/mol. The molecule has 5 nitrogen and oxygen atoms in total. The normalized spacial score (nSPS) is 14.6. The first kappa shape index (κ1) is 23.7. The van der Waals surface area contributed by atoms with Gasteiger partial charge in [0.2, 0.25) is 10.0 Å². The topological polar surface area (TPSA) is 66.5 Å². The summed E-state index contributed by atoms with van der Waals surface area (Å²) in [5.41, 5.74) is 0.284. The monoisotopic (exact) mass is 496 g/mol. The maximum atomic E-state index is 13.8. The lowest BCUT2D eigenvalue weighted by atomic mass is 10.1. The number of carbonyl (C=O) groups is 1. The van der Waals surface area contributed by atoms with E-state index >= 15 is 0 Å². The molecular formula is C23H17F5N2O3S. The van der Waals surface area contributed by atoms with Gasteiger partial charge >= 0.3 is 0 Å². The van der Waals surface area contributed by atoms with Crippen molar-refractivity contribution in [1.29, 1.82) is 0 Å². The lowest BCUT2D eigenvalue weighted by Gasteiger charge is -2.31. The predicted molar refractivity (Wildman–Crippen MR) is 114 cm³/mol. The smallest absolute Gasteiger partial charge is 0.251 e. The van der Waals surface area contributed by atoms with E-state index in [-0.39, 0.29) is 35.5 Å². The van der Waals surface area contributed by atoms with Gasteiger partial charge in [0.1, 0.15) is 29.1 Å². The van der Waals surface area contributed by atoms with Gasteiger partial charge < -0.3 is 5.32 Å². The van der Waals surface area contributed by atoms with Crippen LogP contribution in [0.2, 0.25) is 0 Å². The van der Waals surface area contributed by atoms with Crippen molar-refractivity contribution < 1.29 is 35.2 Å². The van der Waals surface area contributed by atoms with Crippen LogP contribution in [-0.2, 0) is 29.5 Å². The Labute approximate surface area is 191 Å². The number of nitrogens with zero attached hydrogens (tertiary/aromatic N) is 1. The van der Waals surface area contributed by atoms with Crippen LogP contribution in [0.3, 0.4) is 0 Å². The van der Waals surface area contributed by atoms with E-state index < -0.39 is 57.1 Å². The van der Waals surface area contributed by atoms with Crippen LogP contribution in [0.1, 0.15) is 27.0 Å². The number of sulfonamides is 1. The fourth-order valence-corrected chi connectivity index (χ4v) is 5.22. The highest BCUT2D eigenvalue weighted by Crippen LogP contribution is 2.32. The number of amides is 1. The Morgan fingerprint density at radius 1 is 0.882 bits per heavy atom. The number of anilines is 1. The van der Waals surface area contributed by atoms with Gasteiger partial charge in [0.15, 0.2) is 0 Å². The van der Waals surface area contributed by atoms with Gasteiger partial charge in [-0.2, -0.15) is 0 Å². The summed E-state index contributed by atoms with van der Waals surface area (Å²) in [4.78, 5) is 12.6. The molecule has 3 aromatic carbocycles.